The molecule has 1 aromatic carbocycles. The minimum absolute atomic E-state index is 0.282. The minimum Gasteiger partial charge on any atom is -0.407 e. The summed E-state index contributed by atoms with van der Waals surface area (Å²) >= 11 is 0. The molecule has 0 aromatic heterocycles. The van der Waals surface area contributed by atoms with E-state index < -0.39 is 0 Å². The second kappa shape index (κ2) is 4.98. The van der Waals surface area contributed by atoms with E-state index in [2.05, 4.69) is 19.9 Å². The zero-order valence-corrected chi connectivity index (χ0v) is 8.80. The van der Waals surface area contributed by atoms with Crippen LogP contribution in [-0.2, 0) is 17.4 Å². The average Bonchev–Trinajstić information content (AvgIpc) is 2.18. The lowest BCUT2D eigenvalue weighted by Gasteiger charge is -2.08. The van der Waals surface area contributed by atoms with Gasteiger partial charge in [-0.05, 0) is 30.0 Å². The molecule has 1 rings (SSSR count). The predicted octanol–water partition coefficient (Wildman–Crippen LogP) is 3.40. The summed E-state index contributed by atoms with van der Waals surface area (Å²) < 4.78 is 15.3. The van der Waals surface area contributed by atoms with Gasteiger partial charge in [0.1, 0.15) is 5.75 Å². The second-order valence-electron chi connectivity index (χ2n) is 2.77. The van der Waals surface area contributed by atoms with Crippen LogP contribution in [0.2, 0.25) is 0 Å². The molecule has 0 atom stereocenters. The average molecular weight is 196 g/mol. The van der Waals surface area contributed by atoms with E-state index in [1.165, 1.54) is 5.56 Å². The summed E-state index contributed by atoms with van der Waals surface area (Å²) in [6, 6.07) is 5.86. The summed E-state index contributed by atoms with van der Waals surface area (Å²) in [7, 11) is -0.282. The van der Waals surface area contributed by atoms with Crippen LogP contribution in [0.3, 0.4) is 0 Å². The molecule has 0 saturated carbocycles. The summed E-state index contributed by atoms with van der Waals surface area (Å²) in [5.74, 6) is 0.735. The van der Waals surface area contributed by atoms with Crippen molar-refractivity contribution in [3.63, 3.8) is 0 Å². The number of hydrogen-bond donors (Lipinski definition) is 0. The van der Waals surface area contributed by atoms with Crippen molar-refractivity contribution >= 4 is 8.69 Å². The normalized spacial score (nSPS) is 10.3. The fraction of sp³-hybridized carbons (Fsp3) is 0.400. The third-order valence-electron chi connectivity index (χ3n) is 2.10. The third-order valence-corrected chi connectivity index (χ3v) is 2.37. The summed E-state index contributed by atoms with van der Waals surface area (Å²) in [6.45, 7) is 4.18. The lowest BCUT2D eigenvalue weighted by Crippen LogP contribution is -1.93. The number of aryl methyl sites for hydroxylation is 1. The zero-order chi connectivity index (χ0) is 9.68. The van der Waals surface area contributed by atoms with Crippen molar-refractivity contribution in [3.8, 4) is 5.75 Å². The van der Waals surface area contributed by atoms with Gasteiger partial charge in [-0.25, -0.2) is 4.57 Å². The van der Waals surface area contributed by atoms with Gasteiger partial charge in [-0.3, -0.25) is 0 Å². The van der Waals surface area contributed by atoms with Crippen LogP contribution in [0.25, 0.3) is 0 Å². The SMILES string of the molecule is CCc1cccc(OP=O)c1CC. The molecule has 0 heterocycles. The molecule has 13 heavy (non-hydrogen) atoms. The van der Waals surface area contributed by atoms with Crippen molar-refractivity contribution in [3.05, 3.63) is 29.3 Å². The lowest BCUT2D eigenvalue weighted by atomic mass is 10.0. The molecule has 0 aliphatic heterocycles. The summed E-state index contributed by atoms with van der Waals surface area (Å²) in [6.07, 6.45) is 1.89. The molecule has 0 N–H and O–H groups in total. The van der Waals surface area contributed by atoms with Gasteiger partial charge in [0.15, 0.2) is 0 Å². The lowest BCUT2D eigenvalue weighted by molar-refractivity contribution is 0.521. The highest BCUT2D eigenvalue weighted by molar-refractivity contribution is 7.17. The van der Waals surface area contributed by atoms with Gasteiger partial charge < -0.3 is 4.52 Å². The molecule has 0 saturated heterocycles. The highest BCUT2D eigenvalue weighted by atomic mass is 31.1. The van der Waals surface area contributed by atoms with Crippen molar-refractivity contribution in [1.82, 2.24) is 0 Å². The maximum absolute atomic E-state index is 10.3. The van der Waals surface area contributed by atoms with Crippen LogP contribution in [-0.4, -0.2) is 0 Å². The van der Waals surface area contributed by atoms with Crippen LogP contribution < -0.4 is 4.52 Å². The first-order chi connectivity index (χ1) is 6.33. The summed E-state index contributed by atoms with van der Waals surface area (Å²) in [4.78, 5) is 0. The second-order valence-corrected chi connectivity index (χ2v) is 3.10. The Labute approximate surface area is 80.2 Å². The number of benzene rings is 1. The Morgan fingerprint density at radius 1 is 1.31 bits per heavy atom. The van der Waals surface area contributed by atoms with E-state index in [4.69, 9.17) is 4.52 Å². The van der Waals surface area contributed by atoms with Crippen LogP contribution in [0.15, 0.2) is 18.2 Å². The van der Waals surface area contributed by atoms with Crippen LogP contribution in [0, 0.1) is 0 Å². The molecule has 70 valence electrons. The van der Waals surface area contributed by atoms with E-state index in [1.807, 2.05) is 12.1 Å². The molecule has 0 aliphatic carbocycles. The Morgan fingerprint density at radius 2 is 2.08 bits per heavy atom. The Morgan fingerprint density at radius 3 is 2.62 bits per heavy atom. The molecule has 2 nitrogen and oxygen atoms in total. The van der Waals surface area contributed by atoms with Gasteiger partial charge in [0, 0.05) is 0 Å². The Balaban J connectivity index is 3.10. The van der Waals surface area contributed by atoms with Gasteiger partial charge in [-0.1, -0.05) is 26.0 Å². The molecule has 1 aromatic rings. The highest BCUT2D eigenvalue weighted by Gasteiger charge is 2.05. The molecule has 3 heteroatoms. The molecule has 0 fully saturated rings. The maximum Gasteiger partial charge on any atom is 0.395 e. The van der Waals surface area contributed by atoms with Gasteiger partial charge >= 0.3 is 8.69 Å². The fourth-order valence-corrected chi connectivity index (χ4v) is 1.72. The smallest absolute Gasteiger partial charge is 0.395 e. The first kappa shape index (κ1) is 10.2. The number of hydrogen-bond acceptors (Lipinski definition) is 2. The molecule has 0 bridgehead atoms. The Kier molecular flexibility index (Phi) is 3.91. The monoisotopic (exact) mass is 196 g/mol. The van der Waals surface area contributed by atoms with Crippen molar-refractivity contribution in [2.45, 2.75) is 26.7 Å². The van der Waals surface area contributed by atoms with Gasteiger partial charge in [0.05, 0.1) is 0 Å². The standard InChI is InChI=1S/C10H13O2P/c1-3-8-6-5-7-10(12-13-11)9(8)4-2/h5-7H,3-4H2,1-2H3. The van der Waals surface area contributed by atoms with E-state index in [0.29, 0.717) is 0 Å². The molecule has 0 amide bonds. The van der Waals surface area contributed by atoms with Gasteiger partial charge in [0.2, 0.25) is 0 Å². The fourth-order valence-electron chi connectivity index (χ4n) is 1.47. The summed E-state index contributed by atoms with van der Waals surface area (Å²) in [5, 5.41) is 0. The number of rotatable bonds is 4. The first-order valence-electron chi connectivity index (χ1n) is 4.43. The predicted molar refractivity (Wildman–Crippen MR) is 53.4 cm³/mol. The van der Waals surface area contributed by atoms with E-state index in [1.54, 1.807) is 0 Å². The van der Waals surface area contributed by atoms with Crippen LogP contribution in [0.5, 0.6) is 5.75 Å². The molecule has 0 aliphatic rings. The van der Waals surface area contributed by atoms with Crippen molar-refractivity contribution in [2.24, 2.45) is 0 Å². The molecule has 0 radical (unpaired) electrons. The Hall–Kier alpha value is -0.880. The molecule has 0 spiro atoms. The third kappa shape index (κ3) is 2.28. The maximum atomic E-state index is 10.3. The van der Waals surface area contributed by atoms with Crippen LogP contribution in [0.1, 0.15) is 25.0 Å². The minimum atomic E-state index is -0.282. The van der Waals surface area contributed by atoms with Crippen LogP contribution >= 0.6 is 8.69 Å². The molecule has 0 unspecified atom stereocenters. The largest absolute Gasteiger partial charge is 0.407 e. The van der Waals surface area contributed by atoms with E-state index in [9.17, 15) is 4.57 Å². The van der Waals surface area contributed by atoms with Crippen molar-refractivity contribution in [2.75, 3.05) is 0 Å². The van der Waals surface area contributed by atoms with E-state index in [-0.39, 0.29) is 8.69 Å². The molecular formula is C10H13O2P. The van der Waals surface area contributed by atoms with E-state index >= 15 is 0 Å². The molecular weight excluding hydrogens is 183 g/mol. The van der Waals surface area contributed by atoms with Crippen molar-refractivity contribution in [1.29, 1.82) is 0 Å². The van der Waals surface area contributed by atoms with Crippen molar-refractivity contribution < 1.29 is 9.09 Å². The Bertz CT molecular complexity index is 297. The quantitative estimate of drug-likeness (QED) is 0.690. The summed E-state index contributed by atoms with van der Waals surface area (Å²) in [5.41, 5.74) is 2.43. The van der Waals surface area contributed by atoms with E-state index in [0.717, 1.165) is 24.2 Å². The highest BCUT2D eigenvalue weighted by Crippen LogP contribution is 2.25. The first-order valence-corrected chi connectivity index (χ1v) is 5.16. The topological polar surface area (TPSA) is 26.3 Å². The zero-order valence-electron chi connectivity index (χ0n) is 7.91. The van der Waals surface area contributed by atoms with Gasteiger partial charge in [-0.15, -0.1) is 0 Å². The van der Waals surface area contributed by atoms with Gasteiger partial charge in [0.25, 0.3) is 0 Å². The van der Waals surface area contributed by atoms with Gasteiger partial charge in [-0.2, -0.15) is 0 Å². The van der Waals surface area contributed by atoms with Crippen LogP contribution in [0.4, 0.5) is 0 Å².